The molecule has 2 amide bonds. The molecule has 0 saturated heterocycles. The minimum absolute atomic E-state index is 0.0674. The first-order chi connectivity index (χ1) is 11.5. The number of amides is 2. The molecule has 3 aromatic rings. The predicted molar refractivity (Wildman–Crippen MR) is 96.5 cm³/mol. The van der Waals surface area contributed by atoms with Crippen molar-refractivity contribution in [2.45, 2.75) is 6.42 Å². The molecule has 2 heterocycles. The summed E-state index contributed by atoms with van der Waals surface area (Å²) < 4.78 is 1.08. The summed E-state index contributed by atoms with van der Waals surface area (Å²) in [6, 6.07) is 7.84. The van der Waals surface area contributed by atoms with Crippen molar-refractivity contribution in [1.29, 1.82) is 0 Å². The molecular formula is C15H15N5O2S2. The number of likely N-dealkylation sites (N-methyl/N-ethyl adjacent to an activating group) is 1. The van der Waals surface area contributed by atoms with Gasteiger partial charge >= 0.3 is 0 Å². The summed E-state index contributed by atoms with van der Waals surface area (Å²) in [5.41, 5.74) is 6.60. The molecule has 0 aliphatic rings. The zero-order chi connectivity index (χ0) is 17.1. The molecule has 7 nitrogen and oxygen atoms in total. The summed E-state index contributed by atoms with van der Waals surface area (Å²) in [5, 5.41) is 5.66. The Bertz CT molecular complexity index is 856. The summed E-state index contributed by atoms with van der Waals surface area (Å²) in [4.78, 5) is 33.5. The number of hydrogen-bond donors (Lipinski definition) is 2. The SMILES string of the molecule is CN(CC(=O)Nc1nc(CC(N)=O)cs1)c1nc2ccccc2s1. The summed E-state index contributed by atoms with van der Waals surface area (Å²) in [7, 11) is 1.82. The standard InChI is InChI=1S/C15H15N5O2S2/c1-20(15-18-10-4-2-3-5-11(10)24-15)7-13(22)19-14-17-9(8-23-14)6-12(16)21/h2-5,8H,6-7H2,1H3,(H2,16,21)(H,17,19,22). The molecule has 0 aliphatic carbocycles. The monoisotopic (exact) mass is 361 g/mol. The number of rotatable bonds is 6. The number of benzene rings is 1. The minimum atomic E-state index is -0.450. The van der Waals surface area contributed by atoms with E-state index in [1.807, 2.05) is 31.3 Å². The molecular weight excluding hydrogens is 346 g/mol. The van der Waals surface area contributed by atoms with Crippen molar-refractivity contribution in [2.75, 3.05) is 23.8 Å². The molecule has 2 aromatic heterocycles. The van der Waals surface area contributed by atoms with Gasteiger partial charge in [-0.3, -0.25) is 9.59 Å². The maximum atomic E-state index is 12.1. The average molecular weight is 361 g/mol. The predicted octanol–water partition coefficient (Wildman–Crippen LogP) is 1.86. The van der Waals surface area contributed by atoms with Crippen LogP contribution in [0.4, 0.5) is 10.3 Å². The topological polar surface area (TPSA) is 101 Å². The van der Waals surface area contributed by atoms with Gasteiger partial charge in [0.25, 0.3) is 0 Å². The fourth-order valence-corrected chi connectivity index (χ4v) is 3.74. The van der Waals surface area contributed by atoms with Crippen LogP contribution in [0.25, 0.3) is 10.2 Å². The Hall–Kier alpha value is -2.52. The van der Waals surface area contributed by atoms with Crippen molar-refractivity contribution in [3.8, 4) is 0 Å². The third-order valence-electron chi connectivity index (χ3n) is 3.14. The first kappa shape index (κ1) is 16.3. The zero-order valence-corrected chi connectivity index (χ0v) is 14.5. The first-order valence-corrected chi connectivity index (χ1v) is 8.80. The van der Waals surface area contributed by atoms with Crippen LogP contribution in [0, 0.1) is 0 Å². The molecule has 0 fully saturated rings. The van der Waals surface area contributed by atoms with Crippen molar-refractivity contribution in [1.82, 2.24) is 9.97 Å². The molecule has 0 saturated carbocycles. The van der Waals surface area contributed by atoms with Crippen molar-refractivity contribution in [2.24, 2.45) is 5.73 Å². The molecule has 0 aliphatic heterocycles. The van der Waals surface area contributed by atoms with Gasteiger partial charge in [0.15, 0.2) is 10.3 Å². The summed E-state index contributed by atoms with van der Waals surface area (Å²) >= 11 is 2.80. The Morgan fingerprint density at radius 2 is 2.08 bits per heavy atom. The van der Waals surface area contributed by atoms with E-state index in [0.29, 0.717) is 10.8 Å². The molecule has 0 spiro atoms. The van der Waals surface area contributed by atoms with Crippen molar-refractivity contribution >= 4 is 55.0 Å². The normalized spacial score (nSPS) is 10.7. The quantitative estimate of drug-likeness (QED) is 0.698. The van der Waals surface area contributed by atoms with Crippen LogP contribution in [-0.2, 0) is 16.0 Å². The van der Waals surface area contributed by atoms with Crippen LogP contribution < -0.4 is 16.0 Å². The molecule has 9 heteroatoms. The highest BCUT2D eigenvalue weighted by molar-refractivity contribution is 7.22. The average Bonchev–Trinajstić information content (AvgIpc) is 3.13. The van der Waals surface area contributed by atoms with Gasteiger partial charge in [-0.05, 0) is 12.1 Å². The Labute approximate surface area is 146 Å². The Kier molecular flexibility index (Phi) is 4.72. The number of nitrogens with zero attached hydrogens (tertiary/aromatic N) is 3. The molecule has 24 heavy (non-hydrogen) atoms. The molecule has 0 bridgehead atoms. The van der Waals surface area contributed by atoms with Gasteiger partial charge in [0.05, 0.1) is 28.9 Å². The van der Waals surface area contributed by atoms with E-state index >= 15 is 0 Å². The summed E-state index contributed by atoms with van der Waals surface area (Å²) in [6.45, 7) is 0.157. The van der Waals surface area contributed by atoms with Crippen molar-refractivity contribution in [3.05, 3.63) is 35.3 Å². The van der Waals surface area contributed by atoms with Crippen molar-refractivity contribution < 1.29 is 9.59 Å². The number of primary amides is 1. The lowest BCUT2D eigenvalue weighted by molar-refractivity contribution is -0.117. The molecule has 3 rings (SSSR count). The fraction of sp³-hybridized carbons (Fsp3) is 0.200. The van der Waals surface area contributed by atoms with Gasteiger partial charge in [-0.2, -0.15) is 0 Å². The van der Waals surface area contributed by atoms with Gasteiger partial charge in [-0.25, -0.2) is 9.97 Å². The number of thiazole rings is 2. The van der Waals surface area contributed by atoms with Gasteiger partial charge in [0.2, 0.25) is 11.8 Å². The maximum absolute atomic E-state index is 12.1. The van der Waals surface area contributed by atoms with Crippen LogP contribution in [0.1, 0.15) is 5.69 Å². The molecule has 1 aromatic carbocycles. The fourth-order valence-electron chi connectivity index (χ4n) is 2.09. The van der Waals surface area contributed by atoms with Crippen LogP contribution in [0.15, 0.2) is 29.6 Å². The molecule has 0 radical (unpaired) electrons. The van der Waals surface area contributed by atoms with Gasteiger partial charge in [0, 0.05) is 12.4 Å². The third kappa shape index (κ3) is 3.87. The van der Waals surface area contributed by atoms with Crippen LogP contribution in [0.5, 0.6) is 0 Å². The van der Waals surface area contributed by atoms with Crippen LogP contribution in [0.3, 0.4) is 0 Å². The number of nitrogens with two attached hydrogens (primary N) is 1. The van der Waals surface area contributed by atoms with Crippen LogP contribution in [0.2, 0.25) is 0 Å². The third-order valence-corrected chi connectivity index (χ3v) is 5.10. The van der Waals surface area contributed by atoms with E-state index in [-0.39, 0.29) is 18.9 Å². The summed E-state index contributed by atoms with van der Waals surface area (Å²) in [5.74, 6) is -0.648. The Balaban J connectivity index is 1.61. The number of aromatic nitrogens is 2. The number of carbonyl (C=O) groups is 2. The lowest BCUT2D eigenvalue weighted by atomic mass is 10.3. The molecule has 3 N–H and O–H groups in total. The number of nitrogens with one attached hydrogen (secondary N) is 1. The largest absolute Gasteiger partial charge is 0.369 e. The Morgan fingerprint density at radius 3 is 2.83 bits per heavy atom. The second-order valence-corrected chi connectivity index (χ2v) is 7.02. The highest BCUT2D eigenvalue weighted by Crippen LogP contribution is 2.27. The van der Waals surface area contributed by atoms with E-state index in [2.05, 4.69) is 15.3 Å². The maximum Gasteiger partial charge on any atom is 0.245 e. The zero-order valence-electron chi connectivity index (χ0n) is 12.9. The lowest BCUT2D eigenvalue weighted by Gasteiger charge is -2.14. The highest BCUT2D eigenvalue weighted by Gasteiger charge is 2.13. The van der Waals surface area contributed by atoms with Gasteiger partial charge in [-0.15, -0.1) is 11.3 Å². The van der Waals surface area contributed by atoms with Crippen LogP contribution in [-0.4, -0.2) is 35.4 Å². The van der Waals surface area contributed by atoms with E-state index in [9.17, 15) is 9.59 Å². The van der Waals surface area contributed by atoms with E-state index in [1.54, 1.807) is 10.3 Å². The number of hydrogen-bond acceptors (Lipinski definition) is 7. The second kappa shape index (κ2) is 6.93. The number of para-hydroxylation sites is 1. The number of anilines is 2. The van der Waals surface area contributed by atoms with Gasteiger partial charge in [-0.1, -0.05) is 23.5 Å². The second-order valence-electron chi connectivity index (χ2n) is 5.16. The Morgan fingerprint density at radius 1 is 1.29 bits per heavy atom. The van der Waals surface area contributed by atoms with E-state index in [0.717, 1.165) is 15.3 Å². The van der Waals surface area contributed by atoms with Gasteiger partial charge < -0.3 is 16.0 Å². The van der Waals surface area contributed by atoms with Crippen molar-refractivity contribution in [3.63, 3.8) is 0 Å². The lowest BCUT2D eigenvalue weighted by Crippen LogP contribution is -2.29. The van der Waals surface area contributed by atoms with E-state index in [4.69, 9.17) is 5.73 Å². The minimum Gasteiger partial charge on any atom is -0.369 e. The molecule has 0 atom stereocenters. The summed E-state index contributed by atoms with van der Waals surface area (Å²) in [6.07, 6.45) is 0.0674. The number of fused-ring (bicyclic) bond motifs is 1. The first-order valence-electron chi connectivity index (χ1n) is 7.10. The molecule has 0 unspecified atom stereocenters. The highest BCUT2D eigenvalue weighted by atomic mass is 32.1. The smallest absolute Gasteiger partial charge is 0.245 e. The van der Waals surface area contributed by atoms with Crippen LogP contribution >= 0.6 is 22.7 Å². The van der Waals surface area contributed by atoms with E-state index < -0.39 is 5.91 Å². The van der Waals surface area contributed by atoms with Gasteiger partial charge in [0.1, 0.15) is 0 Å². The number of carbonyl (C=O) groups excluding carboxylic acids is 2. The molecule has 124 valence electrons. The van der Waals surface area contributed by atoms with E-state index in [1.165, 1.54) is 22.7 Å².